The van der Waals surface area contributed by atoms with Crippen molar-refractivity contribution in [2.24, 2.45) is 5.92 Å². The monoisotopic (exact) mass is 360 g/mol. The van der Waals surface area contributed by atoms with Crippen LogP contribution in [0.4, 0.5) is 10.5 Å². The molecule has 1 aromatic carbocycles. The molecule has 0 radical (unpaired) electrons. The summed E-state index contributed by atoms with van der Waals surface area (Å²) in [6, 6.07) is 5.42. The number of amides is 2. The molecule has 6 heteroatoms. The van der Waals surface area contributed by atoms with E-state index < -0.39 is 5.79 Å². The van der Waals surface area contributed by atoms with Crippen LogP contribution in [0.1, 0.15) is 51.9 Å². The van der Waals surface area contributed by atoms with Crippen LogP contribution >= 0.6 is 0 Å². The van der Waals surface area contributed by atoms with Gasteiger partial charge in [-0.25, -0.2) is 4.79 Å². The maximum atomic E-state index is 12.2. The number of carbonyl (C=O) groups excluding carboxylic acids is 1. The lowest BCUT2D eigenvalue weighted by atomic mass is 9.94. The van der Waals surface area contributed by atoms with Crippen LogP contribution in [-0.2, 0) is 4.74 Å². The number of carbonyl (C=O) groups is 1. The number of ether oxygens (including phenoxy) is 3. The highest BCUT2D eigenvalue weighted by Crippen LogP contribution is 2.46. The predicted molar refractivity (Wildman–Crippen MR) is 98.7 cm³/mol. The quantitative estimate of drug-likeness (QED) is 0.853. The Morgan fingerprint density at radius 1 is 1.19 bits per heavy atom. The fourth-order valence-electron chi connectivity index (χ4n) is 4.16. The van der Waals surface area contributed by atoms with Crippen LogP contribution in [0.15, 0.2) is 18.2 Å². The van der Waals surface area contributed by atoms with Gasteiger partial charge in [-0.3, -0.25) is 0 Å². The molecule has 2 N–H and O–H groups in total. The molecule has 2 heterocycles. The number of anilines is 1. The van der Waals surface area contributed by atoms with Gasteiger partial charge in [0.2, 0.25) is 0 Å². The van der Waals surface area contributed by atoms with Gasteiger partial charge in [-0.05, 0) is 50.7 Å². The zero-order valence-electron chi connectivity index (χ0n) is 15.4. The maximum Gasteiger partial charge on any atom is 0.319 e. The van der Waals surface area contributed by atoms with Crippen molar-refractivity contribution in [1.82, 2.24) is 5.32 Å². The minimum Gasteiger partial charge on any atom is -0.448 e. The molecule has 2 fully saturated rings. The third-order valence-corrected chi connectivity index (χ3v) is 5.55. The van der Waals surface area contributed by atoms with E-state index in [0.29, 0.717) is 12.5 Å². The van der Waals surface area contributed by atoms with Crippen LogP contribution in [0.25, 0.3) is 0 Å². The Morgan fingerprint density at radius 2 is 2.00 bits per heavy atom. The molecule has 1 saturated carbocycles. The van der Waals surface area contributed by atoms with Crippen LogP contribution in [0.2, 0.25) is 0 Å². The first-order chi connectivity index (χ1) is 12.6. The molecule has 1 aromatic rings. The van der Waals surface area contributed by atoms with E-state index in [-0.39, 0.29) is 12.1 Å². The summed E-state index contributed by atoms with van der Waals surface area (Å²) in [4.78, 5) is 12.2. The Hall–Kier alpha value is -1.95. The highest BCUT2D eigenvalue weighted by atomic mass is 16.7. The Balaban J connectivity index is 1.31. The lowest BCUT2D eigenvalue weighted by Gasteiger charge is -2.31. The van der Waals surface area contributed by atoms with E-state index >= 15 is 0 Å². The topological polar surface area (TPSA) is 68.8 Å². The summed E-state index contributed by atoms with van der Waals surface area (Å²) in [6.45, 7) is 3.53. The number of hydrogen-bond acceptors (Lipinski definition) is 4. The van der Waals surface area contributed by atoms with Crippen LogP contribution in [0.5, 0.6) is 11.5 Å². The first kappa shape index (κ1) is 17.5. The minimum absolute atomic E-state index is 0.185. The molecule has 1 saturated heterocycles. The molecule has 4 rings (SSSR count). The predicted octanol–water partition coefficient (Wildman–Crippen LogP) is 4.05. The van der Waals surface area contributed by atoms with Crippen LogP contribution in [-0.4, -0.2) is 31.1 Å². The molecular formula is C20H28N2O4. The van der Waals surface area contributed by atoms with Crippen molar-refractivity contribution >= 4 is 11.7 Å². The van der Waals surface area contributed by atoms with Crippen molar-refractivity contribution in [1.29, 1.82) is 0 Å². The number of hydrogen-bond donors (Lipinski definition) is 2. The van der Waals surface area contributed by atoms with Crippen LogP contribution < -0.4 is 20.1 Å². The van der Waals surface area contributed by atoms with E-state index in [0.717, 1.165) is 62.3 Å². The third-order valence-electron chi connectivity index (χ3n) is 5.55. The van der Waals surface area contributed by atoms with E-state index in [1.54, 1.807) is 0 Å². The molecule has 3 aliphatic rings. The van der Waals surface area contributed by atoms with Crippen LogP contribution in [0, 0.1) is 5.92 Å². The van der Waals surface area contributed by atoms with E-state index in [1.807, 2.05) is 18.2 Å². The molecule has 6 nitrogen and oxygen atoms in total. The van der Waals surface area contributed by atoms with Gasteiger partial charge in [0.25, 0.3) is 5.79 Å². The lowest BCUT2D eigenvalue weighted by Crippen LogP contribution is -2.40. The van der Waals surface area contributed by atoms with E-state index in [2.05, 4.69) is 17.6 Å². The average Bonchev–Trinajstić information content (AvgIpc) is 2.97. The van der Waals surface area contributed by atoms with Gasteiger partial charge in [0, 0.05) is 37.7 Å². The first-order valence-corrected chi connectivity index (χ1v) is 9.80. The molecule has 0 bridgehead atoms. The summed E-state index contributed by atoms with van der Waals surface area (Å²) in [5.74, 6) is 1.49. The van der Waals surface area contributed by atoms with E-state index in [4.69, 9.17) is 14.2 Å². The van der Waals surface area contributed by atoms with E-state index in [9.17, 15) is 4.79 Å². The normalized spacial score (nSPS) is 26.5. The fourth-order valence-corrected chi connectivity index (χ4v) is 4.16. The fraction of sp³-hybridized carbons (Fsp3) is 0.650. The van der Waals surface area contributed by atoms with Crippen molar-refractivity contribution in [2.75, 3.05) is 18.5 Å². The summed E-state index contributed by atoms with van der Waals surface area (Å²) in [6.07, 6.45) is 7.62. The molecule has 2 amide bonds. The lowest BCUT2D eigenvalue weighted by molar-refractivity contribution is -0.105. The van der Waals surface area contributed by atoms with Gasteiger partial charge in [0.05, 0.1) is 6.10 Å². The molecule has 0 aromatic heterocycles. The number of benzene rings is 1. The molecule has 2 atom stereocenters. The second-order valence-electron chi connectivity index (χ2n) is 7.74. The summed E-state index contributed by atoms with van der Waals surface area (Å²) in [5.41, 5.74) is 0.720. The average molecular weight is 360 g/mol. The largest absolute Gasteiger partial charge is 0.448 e. The Morgan fingerprint density at radius 3 is 2.81 bits per heavy atom. The summed E-state index contributed by atoms with van der Waals surface area (Å²) in [7, 11) is 0. The Kier molecular flexibility index (Phi) is 4.94. The number of fused-ring (bicyclic) bond motifs is 1. The first-order valence-electron chi connectivity index (χ1n) is 9.80. The number of rotatable bonds is 3. The summed E-state index contributed by atoms with van der Waals surface area (Å²) in [5, 5.41) is 5.87. The summed E-state index contributed by atoms with van der Waals surface area (Å²) < 4.78 is 17.7. The SMILES string of the molecule is C[C@@H]1C[C@@H](CNC(=O)Nc2ccc3c(c2)OC2(CCCCC2)O3)CCO1. The van der Waals surface area contributed by atoms with Crippen molar-refractivity contribution in [2.45, 2.75) is 63.8 Å². The number of nitrogens with one attached hydrogen (secondary N) is 2. The second-order valence-corrected chi connectivity index (χ2v) is 7.74. The van der Waals surface area contributed by atoms with Gasteiger partial charge in [-0.15, -0.1) is 0 Å². The molecular weight excluding hydrogens is 332 g/mol. The van der Waals surface area contributed by atoms with Gasteiger partial charge in [-0.2, -0.15) is 0 Å². The molecule has 1 spiro atoms. The number of urea groups is 1. The molecule has 142 valence electrons. The smallest absolute Gasteiger partial charge is 0.319 e. The van der Waals surface area contributed by atoms with Gasteiger partial charge in [-0.1, -0.05) is 6.42 Å². The van der Waals surface area contributed by atoms with Crippen LogP contribution in [0.3, 0.4) is 0 Å². The van der Waals surface area contributed by atoms with Crippen molar-refractivity contribution in [3.63, 3.8) is 0 Å². The zero-order chi connectivity index (χ0) is 18.0. The van der Waals surface area contributed by atoms with Gasteiger partial charge in [0.1, 0.15) is 0 Å². The van der Waals surface area contributed by atoms with E-state index in [1.165, 1.54) is 6.42 Å². The summed E-state index contributed by atoms with van der Waals surface area (Å²) >= 11 is 0. The highest BCUT2D eigenvalue weighted by Gasteiger charge is 2.42. The van der Waals surface area contributed by atoms with Gasteiger partial charge in [0.15, 0.2) is 11.5 Å². The minimum atomic E-state index is -0.485. The Labute approximate surface area is 154 Å². The van der Waals surface area contributed by atoms with Gasteiger partial charge >= 0.3 is 6.03 Å². The van der Waals surface area contributed by atoms with Crippen molar-refractivity contribution < 1.29 is 19.0 Å². The second kappa shape index (κ2) is 7.35. The highest BCUT2D eigenvalue weighted by molar-refractivity contribution is 5.89. The zero-order valence-corrected chi connectivity index (χ0v) is 15.4. The van der Waals surface area contributed by atoms with Gasteiger partial charge < -0.3 is 24.8 Å². The molecule has 1 aliphatic carbocycles. The molecule has 2 aliphatic heterocycles. The standard InChI is InChI=1S/C20H28N2O4/c1-14-11-15(7-10-24-14)13-21-19(23)22-16-5-6-17-18(12-16)26-20(25-17)8-3-2-4-9-20/h5-6,12,14-15H,2-4,7-11,13H2,1H3,(H2,21,22,23)/t14-,15+/m1/s1. The Bertz CT molecular complexity index is 657. The van der Waals surface area contributed by atoms with Crippen molar-refractivity contribution in [3.05, 3.63) is 18.2 Å². The molecule has 26 heavy (non-hydrogen) atoms. The van der Waals surface area contributed by atoms with Crippen molar-refractivity contribution in [3.8, 4) is 11.5 Å². The maximum absolute atomic E-state index is 12.2. The molecule has 0 unspecified atom stereocenters. The third kappa shape index (κ3) is 3.90.